The average Bonchev–Trinajstić information content (AvgIpc) is 4.01. The van der Waals surface area contributed by atoms with Crippen LogP contribution in [-0.2, 0) is 5.41 Å². The van der Waals surface area contributed by atoms with Gasteiger partial charge in [-0.2, -0.15) is 0 Å². The van der Waals surface area contributed by atoms with Crippen molar-refractivity contribution in [3.63, 3.8) is 0 Å². The van der Waals surface area contributed by atoms with Gasteiger partial charge in [-0.25, -0.2) is 0 Å². The van der Waals surface area contributed by atoms with Crippen LogP contribution in [0.5, 0.6) is 0 Å². The molecule has 302 valence electrons. The van der Waals surface area contributed by atoms with Crippen molar-refractivity contribution in [3.05, 3.63) is 259 Å². The second kappa shape index (κ2) is 14.0. The summed E-state index contributed by atoms with van der Waals surface area (Å²) in [5.41, 5.74) is 18.5. The van der Waals surface area contributed by atoms with E-state index in [0.29, 0.717) is 0 Å². The minimum Gasteiger partial charge on any atom is -0.308 e. The third-order valence-corrected chi connectivity index (χ3v) is 15.5. The van der Waals surface area contributed by atoms with Crippen LogP contribution in [0.2, 0.25) is 0 Å². The summed E-state index contributed by atoms with van der Waals surface area (Å²) in [6, 6.07) is 88.2. The summed E-state index contributed by atoms with van der Waals surface area (Å²) in [6.45, 7) is 0. The van der Waals surface area contributed by atoms with Gasteiger partial charge in [0.2, 0.25) is 0 Å². The van der Waals surface area contributed by atoms with Crippen LogP contribution in [0, 0.1) is 0 Å². The first-order valence-electron chi connectivity index (χ1n) is 22.5. The molecular weight excluding hydrogens is 803 g/mol. The third kappa shape index (κ3) is 5.09. The minimum atomic E-state index is -0.437. The summed E-state index contributed by atoms with van der Waals surface area (Å²) < 4.78 is 2.58. The van der Waals surface area contributed by atoms with Crippen LogP contribution in [0.1, 0.15) is 22.3 Å². The monoisotopic (exact) mass is 841 g/mol. The van der Waals surface area contributed by atoms with E-state index in [0.717, 1.165) is 5.69 Å². The Hall–Kier alpha value is -8.04. The standard InChI is InChI=1S/C63H39NS/c1-2-18-43-40(16-1)17-13-25-46(43)48-39-38-44(45-19-3-4-20-47(45)48)41-34-36-42(37-35-41)64(59-32-14-26-52-51-23-8-12-33-60(51)65-62(52)59)58-31-15-30-57-61(58)53-24-7-11-29-56(53)63(57)54-27-9-5-21-49(54)50-22-6-10-28-55(50)63/h1-39H. The topological polar surface area (TPSA) is 3.24 Å². The first kappa shape index (κ1) is 36.4. The molecule has 0 amide bonds. The van der Waals surface area contributed by atoms with Crippen molar-refractivity contribution in [2.24, 2.45) is 0 Å². The molecule has 0 saturated heterocycles. The van der Waals surface area contributed by atoms with Gasteiger partial charge in [-0.1, -0.05) is 206 Å². The molecule has 1 spiro atoms. The zero-order chi connectivity index (χ0) is 42.6. The molecule has 65 heavy (non-hydrogen) atoms. The Morgan fingerprint density at radius 2 is 0.800 bits per heavy atom. The number of nitrogens with zero attached hydrogens (tertiary/aromatic N) is 1. The molecular formula is C63H39NS. The van der Waals surface area contributed by atoms with E-state index in [1.165, 1.54) is 120 Å². The number of rotatable bonds is 5. The van der Waals surface area contributed by atoms with Crippen LogP contribution in [0.4, 0.5) is 17.1 Å². The highest BCUT2D eigenvalue weighted by atomic mass is 32.1. The van der Waals surface area contributed by atoms with Crippen molar-refractivity contribution in [1.29, 1.82) is 0 Å². The van der Waals surface area contributed by atoms with Crippen LogP contribution in [0.25, 0.3) is 86.2 Å². The van der Waals surface area contributed by atoms with Crippen molar-refractivity contribution in [1.82, 2.24) is 0 Å². The normalized spacial score (nSPS) is 13.0. The van der Waals surface area contributed by atoms with E-state index in [1.807, 2.05) is 11.3 Å². The van der Waals surface area contributed by atoms with Crippen LogP contribution >= 0.6 is 11.3 Å². The number of thiophene rings is 1. The number of anilines is 3. The van der Waals surface area contributed by atoms with E-state index in [2.05, 4.69) is 241 Å². The lowest BCUT2D eigenvalue weighted by molar-refractivity contribution is 0.794. The van der Waals surface area contributed by atoms with E-state index in [4.69, 9.17) is 0 Å². The highest BCUT2D eigenvalue weighted by Gasteiger charge is 2.52. The Morgan fingerprint density at radius 1 is 0.308 bits per heavy atom. The molecule has 0 N–H and O–H groups in total. The molecule has 1 aromatic heterocycles. The van der Waals surface area contributed by atoms with Gasteiger partial charge >= 0.3 is 0 Å². The smallest absolute Gasteiger partial charge is 0.0726 e. The van der Waals surface area contributed by atoms with Crippen molar-refractivity contribution < 1.29 is 0 Å². The zero-order valence-corrected chi connectivity index (χ0v) is 36.2. The van der Waals surface area contributed by atoms with Gasteiger partial charge in [-0.05, 0) is 113 Å². The Bertz CT molecular complexity index is 3860. The first-order chi connectivity index (χ1) is 32.3. The van der Waals surface area contributed by atoms with E-state index in [1.54, 1.807) is 0 Å². The summed E-state index contributed by atoms with van der Waals surface area (Å²) in [5, 5.41) is 7.61. The van der Waals surface area contributed by atoms with E-state index in [9.17, 15) is 0 Å². The largest absolute Gasteiger partial charge is 0.308 e. The molecule has 11 aromatic carbocycles. The molecule has 14 rings (SSSR count). The molecule has 2 aliphatic rings. The minimum absolute atomic E-state index is 0.437. The van der Waals surface area contributed by atoms with Gasteiger partial charge in [-0.15, -0.1) is 11.3 Å². The first-order valence-corrected chi connectivity index (χ1v) is 23.3. The zero-order valence-electron chi connectivity index (χ0n) is 35.4. The molecule has 12 aromatic rings. The maximum Gasteiger partial charge on any atom is 0.0726 e. The maximum atomic E-state index is 2.55. The molecule has 0 radical (unpaired) electrons. The molecule has 0 aliphatic heterocycles. The lowest BCUT2D eigenvalue weighted by atomic mass is 9.70. The van der Waals surface area contributed by atoms with E-state index < -0.39 is 5.41 Å². The Labute approximate surface area is 381 Å². The number of benzene rings is 11. The molecule has 1 heterocycles. The molecule has 0 saturated carbocycles. The summed E-state index contributed by atoms with van der Waals surface area (Å²) in [7, 11) is 0. The van der Waals surface area contributed by atoms with Crippen molar-refractivity contribution >= 4 is 70.1 Å². The van der Waals surface area contributed by atoms with Gasteiger partial charge < -0.3 is 4.90 Å². The third-order valence-electron chi connectivity index (χ3n) is 14.3. The summed E-state index contributed by atoms with van der Waals surface area (Å²) in [5.74, 6) is 0. The SMILES string of the molecule is c1ccc2c(c1)-c1ccccc1C21c2ccccc2-c2c(N(c3ccc(-c4ccc(-c5cccc6ccccc56)c5ccccc45)cc3)c3cccc4c3sc3ccccc34)cccc21. The highest BCUT2D eigenvalue weighted by molar-refractivity contribution is 7.26. The van der Waals surface area contributed by atoms with Crippen molar-refractivity contribution in [3.8, 4) is 44.5 Å². The van der Waals surface area contributed by atoms with Crippen LogP contribution in [-0.4, -0.2) is 0 Å². The van der Waals surface area contributed by atoms with Gasteiger partial charge in [0.15, 0.2) is 0 Å². The van der Waals surface area contributed by atoms with Gasteiger partial charge in [0.25, 0.3) is 0 Å². The van der Waals surface area contributed by atoms with Crippen LogP contribution in [0.15, 0.2) is 237 Å². The Balaban J connectivity index is 0.992. The average molecular weight is 842 g/mol. The van der Waals surface area contributed by atoms with E-state index >= 15 is 0 Å². The molecule has 2 heteroatoms. The maximum absolute atomic E-state index is 2.55. The van der Waals surface area contributed by atoms with Gasteiger partial charge in [-0.3, -0.25) is 0 Å². The molecule has 0 bridgehead atoms. The molecule has 1 nitrogen and oxygen atoms in total. The Kier molecular flexibility index (Phi) is 7.84. The molecule has 0 unspecified atom stereocenters. The van der Waals surface area contributed by atoms with Gasteiger partial charge in [0, 0.05) is 26.7 Å². The second-order valence-electron chi connectivity index (χ2n) is 17.5. The number of hydrogen-bond donors (Lipinski definition) is 0. The van der Waals surface area contributed by atoms with Gasteiger partial charge in [0.05, 0.1) is 21.5 Å². The van der Waals surface area contributed by atoms with Crippen LogP contribution in [0.3, 0.4) is 0 Å². The number of fused-ring (bicyclic) bond motifs is 15. The molecule has 0 atom stereocenters. The summed E-state index contributed by atoms with van der Waals surface area (Å²) in [6.07, 6.45) is 0. The fraction of sp³-hybridized carbons (Fsp3) is 0.0159. The van der Waals surface area contributed by atoms with Crippen molar-refractivity contribution in [2.45, 2.75) is 5.41 Å². The fourth-order valence-electron chi connectivity index (χ4n) is 11.7. The summed E-state index contributed by atoms with van der Waals surface area (Å²) >= 11 is 1.88. The molecule has 0 fully saturated rings. The summed E-state index contributed by atoms with van der Waals surface area (Å²) in [4.78, 5) is 2.55. The molecule has 2 aliphatic carbocycles. The quantitative estimate of drug-likeness (QED) is 0.167. The predicted molar refractivity (Wildman–Crippen MR) is 276 cm³/mol. The van der Waals surface area contributed by atoms with Crippen LogP contribution < -0.4 is 4.90 Å². The lowest BCUT2D eigenvalue weighted by Crippen LogP contribution is -2.26. The Morgan fingerprint density at radius 3 is 1.57 bits per heavy atom. The predicted octanol–water partition coefficient (Wildman–Crippen LogP) is 17.5. The van der Waals surface area contributed by atoms with Crippen molar-refractivity contribution in [2.75, 3.05) is 4.90 Å². The lowest BCUT2D eigenvalue weighted by Gasteiger charge is -2.32. The second-order valence-corrected chi connectivity index (χ2v) is 18.5. The van der Waals surface area contributed by atoms with E-state index in [-0.39, 0.29) is 0 Å². The number of hydrogen-bond acceptors (Lipinski definition) is 2. The van der Waals surface area contributed by atoms with Gasteiger partial charge in [0.1, 0.15) is 0 Å². The highest BCUT2D eigenvalue weighted by Crippen LogP contribution is 2.65. The fourth-order valence-corrected chi connectivity index (χ4v) is 12.9.